The Balaban J connectivity index is 2.70. The van der Waals surface area contributed by atoms with Crippen LogP contribution in [0.4, 0.5) is 0 Å². The predicted molar refractivity (Wildman–Crippen MR) is 85.9 cm³/mol. The minimum atomic E-state index is 0.400. The second-order valence-electron chi connectivity index (χ2n) is 5.09. The van der Waals surface area contributed by atoms with E-state index in [9.17, 15) is 0 Å². The van der Waals surface area contributed by atoms with Crippen molar-refractivity contribution in [2.45, 2.75) is 46.5 Å². The average Bonchev–Trinajstić information content (AvgIpc) is 2.38. The quantitative estimate of drug-likeness (QED) is 0.723. The summed E-state index contributed by atoms with van der Waals surface area (Å²) in [6, 6.07) is 5.97. The number of hydrogen-bond donors (Lipinski definition) is 1. The molecule has 0 aliphatic rings. The first-order chi connectivity index (χ1) is 9.08. The molecule has 0 fully saturated rings. The first-order valence-corrected chi connectivity index (χ1v) is 7.52. The van der Waals surface area contributed by atoms with E-state index < -0.39 is 0 Å². The van der Waals surface area contributed by atoms with Crippen molar-refractivity contribution in [1.82, 2.24) is 0 Å². The normalized spacial score (nSPS) is 12.2. The highest BCUT2D eigenvalue weighted by molar-refractivity contribution is 7.80. The second kappa shape index (κ2) is 8.16. The van der Waals surface area contributed by atoms with E-state index in [1.807, 2.05) is 25.1 Å². The van der Waals surface area contributed by atoms with Crippen LogP contribution in [0.1, 0.15) is 50.7 Å². The highest BCUT2D eigenvalue weighted by Gasteiger charge is 2.11. The molecule has 1 rings (SSSR count). The molecule has 0 saturated carbocycles. The van der Waals surface area contributed by atoms with E-state index in [1.54, 1.807) is 0 Å². The molecule has 0 radical (unpaired) electrons. The highest BCUT2D eigenvalue weighted by Crippen LogP contribution is 2.22. The number of ether oxygens (including phenoxy) is 1. The molecule has 1 aromatic carbocycles. The van der Waals surface area contributed by atoms with Gasteiger partial charge in [0.15, 0.2) is 0 Å². The monoisotopic (exact) mass is 279 g/mol. The van der Waals surface area contributed by atoms with E-state index in [2.05, 4.69) is 13.8 Å². The molecule has 0 amide bonds. The SMILES string of the molecule is CCCCC(CC)COc1cc(C)ccc1C(N)=S. The van der Waals surface area contributed by atoms with Gasteiger partial charge in [0.25, 0.3) is 0 Å². The zero-order chi connectivity index (χ0) is 14.3. The average molecular weight is 279 g/mol. The fourth-order valence-corrected chi connectivity index (χ4v) is 2.23. The molecular formula is C16H25NOS. The van der Waals surface area contributed by atoms with Gasteiger partial charge in [-0.15, -0.1) is 0 Å². The maximum atomic E-state index is 5.96. The topological polar surface area (TPSA) is 35.2 Å². The van der Waals surface area contributed by atoms with Crippen LogP contribution in [0.3, 0.4) is 0 Å². The van der Waals surface area contributed by atoms with Gasteiger partial charge in [-0.3, -0.25) is 0 Å². The number of hydrogen-bond acceptors (Lipinski definition) is 2. The smallest absolute Gasteiger partial charge is 0.129 e. The van der Waals surface area contributed by atoms with Gasteiger partial charge in [0, 0.05) is 0 Å². The summed E-state index contributed by atoms with van der Waals surface area (Å²) in [6.45, 7) is 7.23. The maximum absolute atomic E-state index is 5.96. The Kier molecular flexibility index (Phi) is 6.85. The first-order valence-electron chi connectivity index (χ1n) is 7.11. The van der Waals surface area contributed by atoms with E-state index in [4.69, 9.17) is 22.7 Å². The number of rotatable bonds is 8. The molecule has 1 atom stereocenters. The fraction of sp³-hybridized carbons (Fsp3) is 0.562. The molecule has 2 N–H and O–H groups in total. The molecule has 2 nitrogen and oxygen atoms in total. The minimum Gasteiger partial charge on any atom is -0.493 e. The van der Waals surface area contributed by atoms with Gasteiger partial charge in [-0.25, -0.2) is 0 Å². The summed E-state index contributed by atoms with van der Waals surface area (Å²) >= 11 is 5.07. The van der Waals surface area contributed by atoms with Crippen LogP contribution in [-0.4, -0.2) is 11.6 Å². The third-order valence-corrected chi connectivity index (χ3v) is 3.64. The molecule has 0 aliphatic carbocycles. The second-order valence-corrected chi connectivity index (χ2v) is 5.53. The van der Waals surface area contributed by atoms with Gasteiger partial charge >= 0.3 is 0 Å². The lowest BCUT2D eigenvalue weighted by atomic mass is 10.0. The van der Waals surface area contributed by atoms with E-state index >= 15 is 0 Å². The Hall–Kier alpha value is -1.09. The van der Waals surface area contributed by atoms with Crippen LogP contribution >= 0.6 is 12.2 Å². The van der Waals surface area contributed by atoms with Crippen LogP contribution in [0, 0.1) is 12.8 Å². The minimum absolute atomic E-state index is 0.400. The van der Waals surface area contributed by atoms with Crippen molar-refractivity contribution >= 4 is 17.2 Å². The number of unbranched alkanes of at least 4 members (excludes halogenated alkanes) is 1. The lowest BCUT2D eigenvalue weighted by Gasteiger charge is -2.17. The summed E-state index contributed by atoms with van der Waals surface area (Å²) in [6.07, 6.45) is 4.87. The van der Waals surface area contributed by atoms with E-state index in [-0.39, 0.29) is 0 Å². The van der Waals surface area contributed by atoms with Crippen LogP contribution < -0.4 is 10.5 Å². The largest absolute Gasteiger partial charge is 0.493 e. The summed E-state index contributed by atoms with van der Waals surface area (Å²) in [5, 5.41) is 0. The van der Waals surface area contributed by atoms with Crippen LogP contribution in [0.25, 0.3) is 0 Å². The summed E-state index contributed by atoms with van der Waals surface area (Å²) in [4.78, 5) is 0.400. The van der Waals surface area contributed by atoms with Crippen LogP contribution in [-0.2, 0) is 0 Å². The molecule has 19 heavy (non-hydrogen) atoms. The number of benzene rings is 1. The number of aryl methyl sites for hydroxylation is 1. The van der Waals surface area contributed by atoms with E-state index in [0.29, 0.717) is 10.9 Å². The fourth-order valence-electron chi connectivity index (χ4n) is 2.06. The molecule has 0 aromatic heterocycles. The molecule has 0 heterocycles. The first kappa shape index (κ1) is 16.0. The maximum Gasteiger partial charge on any atom is 0.129 e. The third-order valence-electron chi connectivity index (χ3n) is 3.42. The van der Waals surface area contributed by atoms with E-state index in [0.717, 1.165) is 29.9 Å². The molecule has 0 spiro atoms. The van der Waals surface area contributed by atoms with Crippen molar-refractivity contribution in [2.75, 3.05) is 6.61 Å². The molecule has 1 unspecified atom stereocenters. The molecule has 0 aliphatic heterocycles. The van der Waals surface area contributed by atoms with Gasteiger partial charge in [0.1, 0.15) is 10.7 Å². The Morgan fingerprint density at radius 2 is 2.11 bits per heavy atom. The Morgan fingerprint density at radius 1 is 1.37 bits per heavy atom. The van der Waals surface area contributed by atoms with Crippen LogP contribution in [0.2, 0.25) is 0 Å². The molecule has 0 saturated heterocycles. The highest BCUT2D eigenvalue weighted by atomic mass is 32.1. The summed E-state index contributed by atoms with van der Waals surface area (Å²) < 4.78 is 5.96. The standard InChI is InChI=1S/C16H25NOS/c1-4-6-7-13(5-2)11-18-15-10-12(3)8-9-14(15)16(17)19/h8-10,13H,4-7,11H2,1-3H3,(H2,17,19). The molecule has 3 heteroatoms. The van der Waals surface area contributed by atoms with Gasteiger partial charge in [0.2, 0.25) is 0 Å². The van der Waals surface area contributed by atoms with Crippen molar-refractivity contribution in [3.8, 4) is 5.75 Å². The van der Waals surface area contributed by atoms with Crippen molar-refractivity contribution in [3.63, 3.8) is 0 Å². The number of nitrogens with two attached hydrogens (primary N) is 1. The van der Waals surface area contributed by atoms with Crippen LogP contribution in [0.15, 0.2) is 18.2 Å². The van der Waals surface area contributed by atoms with Crippen molar-refractivity contribution in [1.29, 1.82) is 0 Å². The predicted octanol–water partition coefficient (Wildman–Crippen LogP) is 4.22. The van der Waals surface area contributed by atoms with Crippen molar-refractivity contribution < 1.29 is 4.74 Å². The van der Waals surface area contributed by atoms with Gasteiger partial charge in [-0.1, -0.05) is 51.4 Å². The van der Waals surface area contributed by atoms with Gasteiger partial charge in [-0.2, -0.15) is 0 Å². The zero-order valence-electron chi connectivity index (χ0n) is 12.2. The number of thiocarbonyl (C=S) groups is 1. The summed E-state index contributed by atoms with van der Waals surface area (Å²) in [5.41, 5.74) is 7.74. The van der Waals surface area contributed by atoms with Crippen molar-refractivity contribution in [2.24, 2.45) is 11.7 Å². The Labute approximate surface area is 122 Å². The van der Waals surface area contributed by atoms with Crippen molar-refractivity contribution in [3.05, 3.63) is 29.3 Å². The Morgan fingerprint density at radius 3 is 2.68 bits per heavy atom. The molecule has 1 aromatic rings. The molecular weight excluding hydrogens is 254 g/mol. The Bertz CT molecular complexity index is 417. The summed E-state index contributed by atoms with van der Waals surface area (Å²) in [5.74, 6) is 1.43. The lowest BCUT2D eigenvalue weighted by molar-refractivity contribution is 0.233. The van der Waals surface area contributed by atoms with Gasteiger partial charge in [0.05, 0.1) is 12.2 Å². The van der Waals surface area contributed by atoms with E-state index in [1.165, 1.54) is 19.3 Å². The van der Waals surface area contributed by atoms with Gasteiger partial charge < -0.3 is 10.5 Å². The molecule has 0 bridgehead atoms. The zero-order valence-corrected chi connectivity index (χ0v) is 13.1. The molecule has 106 valence electrons. The lowest BCUT2D eigenvalue weighted by Crippen LogP contribution is -2.15. The summed E-state index contributed by atoms with van der Waals surface area (Å²) in [7, 11) is 0. The van der Waals surface area contributed by atoms with Crippen LogP contribution in [0.5, 0.6) is 5.75 Å². The third kappa shape index (κ3) is 5.19. The van der Waals surface area contributed by atoms with Gasteiger partial charge in [-0.05, 0) is 37.0 Å².